The fraction of sp³-hybridized carbons (Fsp3) is 1.00. The highest BCUT2D eigenvalue weighted by atomic mass is 16.5. The lowest BCUT2D eigenvalue weighted by atomic mass is 9.85. The monoisotopic (exact) mass is 173 g/mol. The second kappa shape index (κ2) is 4.21. The number of likely N-dealkylation sites (N-methyl/N-ethyl adjacent to an activating group) is 1. The third kappa shape index (κ3) is 1.97. The van der Waals surface area contributed by atoms with Gasteiger partial charge in [0, 0.05) is 18.1 Å². The molecule has 0 aliphatic carbocycles. The molecule has 1 aliphatic heterocycles. The van der Waals surface area contributed by atoms with E-state index in [0.717, 1.165) is 26.2 Å². The van der Waals surface area contributed by atoms with E-state index in [1.807, 2.05) is 0 Å². The summed E-state index contributed by atoms with van der Waals surface area (Å²) in [5.74, 6) is 0.461. The Labute approximate surface area is 74.1 Å². The number of nitrogens with one attached hydrogen (secondary N) is 1. The van der Waals surface area contributed by atoms with Gasteiger partial charge < -0.3 is 15.2 Å². The zero-order valence-corrected chi connectivity index (χ0v) is 7.97. The van der Waals surface area contributed by atoms with Crippen molar-refractivity contribution in [2.24, 2.45) is 5.92 Å². The standard InChI is InChI=1S/C9H19NO2/c1-3-10-9(2,7-11)8-4-5-12-6-8/h8,10-11H,3-7H2,1-2H3. The third-order valence-corrected chi connectivity index (χ3v) is 2.74. The van der Waals surface area contributed by atoms with Gasteiger partial charge in [0.1, 0.15) is 0 Å². The molecule has 2 atom stereocenters. The van der Waals surface area contributed by atoms with E-state index in [2.05, 4.69) is 19.2 Å². The van der Waals surface area contributed by atoms with Crippen LogP contribution in [0.2, 0.25) is 0 Å². The lowest BCUT2D eigenvalue weighted by Gasteiger charge is -2.33. The first-order chi connectivity index (χ1) is 5.73. The SMILES string of the molecule is CCNC(C)(CO)C1CCOC1. The van der Waals surface area contributed by atoms with E-state index in [1.165, 1.54) is 0 Å². The first-order valence-electron chi connectivity index (χ1n) is 4.66. The Balaban J connectivity index is 2.51. The average molecular weight is 173 g/mol. The van der Waals surface area contributed by atoms with Crippen LogP contribution in [0.4, 0.5) is 0 Å². The van der Waals surface area contributed by atoms with Crippen molar-refractivity contribution >= 4 is 0 Å². The molecule has 1 rings (SSSR count). The predicted molar refractivity (Wildman–Crippen MR) is 48.1 cm³/mol. The lowest BCUT2D eigenvalue weighted by molar-refractivity contribution is 0.102. The number of aliphatic hydroxyl groups excluding tert-OH is 1. The van der Waals surface area contributed by atoms with Crippen LogP contribution in [0.3, 0.4) is 0 Å². The van der Waals surface area contributed by atoms with Crippen LogP contribution >= 0.6 is 0 Å². The largest absolute Gasteiger partial charge is 0.394 e. The summed E-state index contributed by atoms with van der Waals surface area (Å²) in [7, 11) is 0. The highest BCUT2D eigenvalue weighted by Crippen LogP contribution is 2.25. The molecule has 12 heavy (non-hydrogen) atoms. The van der Waals surface area contributed by atoms with Crippen molar-refractivity contribution in [3.05, 3.63) is 0 Å². The topological polar surface area (TPSA) is 41.5 Å². The zero-order valence-electron chi connectivity index (χ0n) is 7.97. The van der Waals surface area contributed by atoms with E-state index in [-0.39, 0.29) is 12.1 Å². The van der Waals surface area contributed by atoms with Gasteiger partial charge in [-0.1, -0.05) is 6.92 Å². The molecule has 0 saturated carbocycles. The Bertz CT molecular complexity index is 134. The van der Waals surface area contributed by atoms with Gasteiger partial charge in [0.15, 0.2) is 0 Å². The number of hydrogen-bond donors (Lipinski definition) is 2. The Kier molecular flexibility index (Phi) is 3.50. The molecule has 3 nitrogen and oxygen atoms in total. The molecule has 1 aliphatic rings. The summed E-state index contributed by atoms with van der Waals surface area (Å²) in [5, 5.41) is 12.6. The molecule has 0 aromatic heterocycles. The van der Waals surface area contributed by atoms with E-state index in [9.17, 15) is 5.11 Å². The number of ether oxygens (including phenoxy) is 1. The van der Waals surface area contributed by atoms with E-state index in [0.29, 0.717) is 5.92 Å². The van der Waals surface area contributed by atoms with Crippen molar-refractivity contribution in [3.8, 4) is 0 Å². The molecule has 0 radical (unpaired) electrons. The van der Waals surface area contributed by atoms with Crippen molar-refractivity contribution in [3.63, 3.8) is 0 Å². The third-order valence-electron chi connectivity index (χ3n) is 2.74. The Hall–Kier alpha value is -0.120. The van der Waals surface area contributed by atoms with Crippen LogP contribution in [0.25, 0.3) is 0 Å². The number of hydrogen-bond acceptors (Lipinski definition) is 3. The summed E-state index contributed by atoms with van der Waals surface area (Å²) >= 11 is 0. The molecule has 0 aromatic carbocycles. The van der Waals surface area contributed by atoms with Gasteiger partial charge in [0.25, 0.3) is 0 Å². The maximum absolute atomic E-state index is 9.26. The van der Waals surface area contributed by atoms with Gasteiger partial charge in [0.05, 0.1) is 13.2 Å². The van der Waals surface area contributed by atoms with Crippen LogP contribution in [-0.2, 0) is 4.74 Å². The van der Waals surface area contributed by atoms with Gasteiger partial charge in [-0.05, 0) is 19.9 Å². The van der Waals surface area contributed by atoms with E-state index >= 15 is 0 Å². The molecule has 72 valence electrons. The minimum absolute atomic E-state index is 0.148. The molecule has 1 saturated heterocycles. The Morgan fingerprint density at radius 2 is 2.42 bits per heavy atom. The summed E-state index contributed by atoms with van der Waals surface area (Å²) in [6.07, 6.45) is 1.06. The average Bonchev–Trinajstić information content (AvgIpc) is 2.57. The summed E-state index contributed by atoms with van der Waals surface area (Å²) in [6.45, 7) is 6.83. The molecular weight excluding hydrogens is 154 g/mol. The van der Waals surface area contributed by atoms with E-state index in [1.54, 1.807) is 0 Å². The predicted octanol–water partition coefficient (Wildman–Crippen LogP) is 0.383. The minimum Gasteiger partial charge on any atom is -0.394 e. The van der Waals surface area contributed by atoms with Gasteiger partial charge in [-0.3, -0.25) is 0 Å². The van der Waals surface area contributed by atoms with Gasteiger partial charge in [0.2, 0.25) is 0 Å². The minimum atomic E-state index is -0.148. The molecule has 1 fully saturated rings. The molecular formula is C9H19NO2. The lowest BCUT2D eigenvalue weighted by Crippen LogP contribution is -2.52. The highest BCUT2D eigenvalue weighted by molar-refractivity contribution is 4.91. The van der Waals surface area contributed by atoms with Gasteiger partial charge in [-0.2, -0.15) is 0 Å². The molecule has 3 heteroatoms. The fourth-order valence-corrected chi connectivity index (χ4v) is 1.77. The first kappa shape index (κ1) is 9.96. The number of rotatable bonds is 4. The molecule has 1 heterocycles. The fourth-order valence-electron chi connectivity index (χ4n) is 1.77. The van der Waals surface area contributed by atoms with Crippen molar-refractivity contribution in [2.45, 2.75) is 25.8 Å². The maximum Gasteiger partial charge on any atom is 0.0614 e. The normalized spacial score (nSPS) is 28.8. The summed E-state index contributed by atoms with van der Waals surface area (Å²) < 4.78 is 5.30. The number of aliphatic hydroxyl groups is 1. The smallest absolute Gasteiger partial charge is 0.0614 e. The zero-order chi connectivity index (χ0) is 9.03. The van der Waals surface area contributed by atoms with Gasteiger partial charge in [-0.15, -0.1) is 0 Å². The second-order valence-electron chi connectivity index (χ2n) is 3.67. The van der Waals surface area contributed by atoms with Crippen LogP contribution in [0.15, 0.2) is 0 Å². The molecule has 0 spiro atoms. The van der Waals surface area contributed by atoms with Crippen molar-refractivity contribution in [2.75, 3.05) is 26.4 Å². The molecule has 0 bridgehead atoms. The van der Waals surface area contributed by atoms with Crippen LogP contribution in [0.5, 0.6) is 0 Å². The van der Waals surface area contributed by atoms with Crippen LogP contribution in [0.1, 0.15) is 20.3 Å². The van der Waals surface area contributed by atoms with Crippen LogP contribution in [0, 0.1) is 5.92 Å². The van der Waals surface area contributed by atoms with Crippen LogP contribution in [-0.4, -0.2) is 37.0 Å². The van der Waals surface area contributed by atoms with E-state index in [4.69, 9.17) is 4.74 Å². The van der Waals surface area contributed by atoms with Crippen molar-refractivity contribution < 1.29 is 9.84 Å². The summed E-state index contributed by atoms with van der Waals surface area (Å²) in [4.78, 5) is 0. The van der Waals surface area contributed by atoms with Gasteiger partial charge >= 0.3 is 0 Å². The van der Waals surface area contributed by atoms with Crippen molar-refractivity contribution in [1.29, 1.82) is 0 Å². The second-order valence-corrected chi connectivity index (χ2v) is 3.67. The van der Waals surface area contributed by atoms with Crippen molar-refractivity contribution in [1.82, 2.24) is 5.32 Å². The Morgan fingerprint density at radius 1 is 1.67 bits per heavy atom. The van der Waals surface area contributed by atoms with Crippen LogP contribution < -0.4 is 5.32 Å². The summed E-state index contributed by atoms with van der Waals surface area (Å²) in [6, 6.07) is 0. The Morgan fingerprint density at radius 3 is 2.83 bits per heavy atom. The van der Waals surface area contributed by atoms with Gasteiger partial charge in [-0.25, -0.2) is 0 Å². The molecule has 0 aromatic rings. The maximum atomic E-state index is 9.26. The van der Waals surface area contributed by atoms with E-state index < -0.39 is 0 Å². The summed E-state index contributed by atoms with van der Waals surface area (Å²) in [5.41, 5.74) is -0.148. The molecule has 2 N–H and O–H groups in total. The highest BCUT2D eigenvalue weighted by Gasteiger charge is 2.35. The quantitative estimate of drug-likeness (QED) is 0.646. The molecule has 0 amide bonds. The molecule has 2 unspecified atom stereocenters. The first-order valence-corrected chi connectivity index (χ1v) is 4.66.